The number of hydrogen-bond donors (Lipinski definition) is 1. The number of hydrogen-bond acceptors (Lipinski definition) is 5. The van der Waals surface area contributed by atoms with Gasteiger partial charge in [0.25, 0.3) is 5.91 Å². The van der Waals surface area contributed by atoms with Crippen LogP contribution < -0.4 is 5.32 Å². The molecule has 1 aromatic heterocycles. The van der Waals surface area contributed by atoms with E-state index in [1.54, 1.807) is 0 Å². The number of nitrogens with zero attached hydrogens (tertiary/aromatic N) is 3. The van der Waals surface area contributed by atoms with Crippen LogP contribution in [-0.4, -0.2) is 41.7 Å². The highest BCUT2D eigenvalue weighted by Gasteiger charge is 2.23. The summed E-state index contributed by atoms with van der Waals surface area (Å²) < 4.78 is 27.0. The smallest absolute Gasteiger partial charge is 0.256 e. The molecule has 7 nitrogen and oxygen atoms in total. The molecular formula is C20H26N4O3S. The molecule has 3 rings (SSSR count). The third kappa shape index (κ3) is 4.23. The standard InChI is InChI=1S/C20H26N4O3S/c1-3-5-13-24(4-2)28(26,27)16-11-9-15(10-12-16)20(25)23-19-17-7-6-8-18(17)21-14-22-19/h9-12,14H,3-8,13H2,1-2H3,(H,21,22,23,25). The molecule has 1 aliphatic carbocycles. The molecule has 0 spiro atoms. The van der Waals surface area contributed by atoms with Crippen LogP contribution in [0.3, 0.4) is 0 Å². The highest BCUT2D eigenvalue weighted by Crippen LogP contribution is 2.25. The molecule has 1 aromatic carbocycles. The number of aryl methyl sites for hydroxylation is 1. The van der Waals surface area contributed by atoms with Crippen molar-refractivity contribution in [2.75, 3.05) is 18.4 Å². The third-order valence-corrected chi connectivity index (χ3v) is 6.96. The van der Waals surface area contributed by atoms with Gasteiger partial charge < -0.3 is 5.32 Å². The van der Waals surface area contributed by atoms with E-state index < -0.39 is 10.0 Å². The first-order chi connectivity index (χ1) is 13.5. The van der Waals surface area contributed by atoms with E-state index in [0.717, 1.165) is 43.4 Å². The summed E-state index contributed by atoms with van der Waals surface area (Å²) in [7, 11) is -3.55. The SMILES string of the molecule is CCCCN(CC)S(=O)(=O)c1ccc(C(=O)Nc2ncnc3c2CCC3)cc1. The number of unbranched alkanes of at least 4 members (excludes halogenated alkanes) is 1. The Labute approximate surface area is 166 Å². The number of amides is 1. The molecule has 0 saturated carbocycles. The van der Waals surface area contributed by atoms with Crippen LogP contribution in [0.1, 0.15) is 54.7 Å². The Bertz CT molecular complexity index is 942. The molecule has 1 N–H and O–H groups in total. The molecule has 0 fully saturated rings. The third-order valence-electron chi connectivity index (χ3n) is 4.97. The number of aromatic nitrogens is 2. The lowest BCUT2D eigenvalue weighted by atomic mass is 10.2. The monoisotopic (exact) mass is 402 g/mol. The molecular weight excluding hydrogens is 376 g/mol. The van der Waals surface area contributed by atoms with Crippen molar-refractivity contribution in [3.8, 4) is 0 Å². The van der Waals surface area contributed by atoms with Crippen LogP contribution in [0.4, 0.5) is 5.82 Å². The molecule has 1 aliphatic rings. The summed E-state index contributed by atoms with van der Waals surface area (Å²) in [6.45, 7) is 4.77. The molecule has 0 aliphatic heterocycles. The Balaban J connectivity index is 1.75. The number of carbonyl (C=O) groups is 1. The first kappa shape index (κ1) is 20.4. The summed E-state index contributed by atoms with van der Waals surface area (Å²) in [4.78, 5) is 21.2. The van der Waals surface area contributed by atoms with Crippen molar-refractivity contribution < 1.29 is 13.2 Å². The Morgan fingerprint density at radius 3 is 2.57 bits per heavy atom. The zero-order valence-corrected chi connectivity index (χ0v) is 17.1. The molecule has 0 unspecified atom stereocenters. The van der Waals surface area contributed by atoms with Crippen LogP contribution in [0.2, 0.25) is 0 Å². The number of nitrogens with one attached hydrogen (secondary N) is 1. The zero-order chi connectivity index (χ0) is 20.1. The maximum Gasteiger partial charge on any atom is 0.256 e. The van der Waals surface area contributed by atoms with E-state index in [2.05, 4.69) is 15.3 Å². The number of rotatable bonds is 8. The van der Waals surface area contributed by atoms with Gasteiger partial charge in [0.15, 0.2) is 0 Å². The number of sulfonamides is 1. The molecule has 1 heterocycles. The normalized spacial score (nSPS) is 13.5. The van der Waals surface area contributed by atoms with Crippen LogP contribution in [0.15, 0.2) is 35.5 Å². The van der Waals surface area contributed by atoms with Crippen molar-refractivity contribution in [3.05, 3.63) is 47.4 Å². The van der Waals surface area contributed by atoms with E-state index in [4.69, 9.17) is 0 Å². The number of carbonyl (C=O) groups excluding carboxylic acids is 1. The van der Waals surface area contributed by atoms with Crippen LogP contribution in [0, 0.1) is 0 Å². The highest BCUT2D eigenvalue weighted by atomic mass is 32.2. The highest BCUT2D eigenvalue weighted by molar-refractivity contribution is 7.89. The summed E-state index contributed by atoms with van der Waals surface area (Å²) in [6.07, 6.45) is 5.97. The Morgan fingerprint density at radius 1 is 1.14 bits per heavy atom. The van der Waals surface area contributed by atoms with E-state index in [1.807, 2.05) is 13.8 Å². The maximum absolute atomic E-state index is 12.8. The minimum atomic E-state index is -3.55. The largest absolute Gasteiger partial charge is 0.306 e. The van der Waals surface area contributed by atoms with Crippen molar-refractivity contribution in [3.63, 3.8) is 0 Å². The van der Waals surface area contributed by atoms with Crippen molar-refractivity contribution in [1.82, 2.24) is 14.3 Å². The predicted octanol–water partition coefficient (Wildman–Crippen LogP) is 3.03. The lowest BCUT2D eigenvalue weighted by Crippen LogP contribution is -2.31. The number of anilines is 1. The second kappa shape index (κ2) is 8.79. The van der Waals surface area contributed by atoms with Gasteiger partial charge in [0.1, 0.15) is 12.1 Å². The molecule has 0 radical (unpaired) electrons. The van der Waals surface area contributed by atoms with Crippen molar-refractivity contribution in [2.45, 2.75) is 50.8 Å². The molecule has 0 saturated heterocycles. The second-order valence-corrected chi connectivity index (χ2v) is 8.77. The van der Waals surface area contributed by atoms with Gasteiger partial charge in [-0.15, -0.1) is 0 Å². The Hall–Kier alpha value is -2.32. The fraction of sp³-hybridized carbons (Fsp3) is 0.450. The van der Waals surface area contributed by atoms with E-state index >= 15 is 0 Å². The van der Waals surface area contributed by atoms with Crippen molar-refractivity contribution in [2.24, 2.45) is 0 Å². The van der Waals surface area contributed by atoms with Gasteiger partial charge in [-0.1, -0.05) is 20.3 Å². The van der Waals surface area contributed by atoms with Gasteiger partial charge in [0.05, 0.1) is 4.90 Å². The lowest BCUT2D eigenvalue weighted by Gasteiger charge is -2.20. The van der Waals surface area contributed by atoms with Crippen molar-refractivity contribution in [1.29, 1.82) is 0 Å². The maximum atomic E-state index is 12.8. The van der Waals surface area contributed by atoms with E-state index in [9.17, 15) is 13.2 Å². The number of benzene rings is 1. The second-order valence-electron chi connectivity index (χ2n) is 6.83. The first-order valence-corrected chi connectivity index (χ1v) is 11.2. The summed E-state index contributed by atoms with van der Waals surface area (Å²) >= 11 is 0. The fourth-order valence-corrected chi connectivity index (χ4v) is 4.84. The molecule has 8 heteroatoms. The van der Waals surface area contributed by atoms with Crippen LogP contribution in [0.5, 0.6) is 0 Å². The summed E-state index contributed by atoms with van der Waals surface area (Å²) in [6, 6.07) is 6.06. The zero-order valence-electron chi connectivity index (χ0n) is 16.3. The molecule has 1 amide bonds. The van der Waals surface area contributed by atoms with Gasteiger partial charge in [-0.05, 0) is 49.9 Å². The minimum Gasteiger partial charge on any atom is -0.306 e. The van der Waals surface area contributed by atoms with Gasteiger partial charge in [0.2, 0.25) is 10.0 Å². The quantitative estimate of drug-likeness (QED) is 0.733. The van der Waals surface area contributed by atoms with E-state index in [0.29, 0.717) is 24.5 Å². The van der Waals surface area contributed by atoms with E-state index in [1.165, 1.54) is 34.9 Å². The van der Waals surface area contributed by atoms with Crippen LogP contribution in [0.25, 0.3) is 0 Å². The van der Waals surface area contributed by atoms with Gasteiger partial charge >= 0.3 is 0 Å². The summed E-state index contributed by atoms with van der Waals surface area (Å²) in [5.74, 6) is 0.232. The van der Waals surface area contributed by atoms with Crippen molar-refractivity contribution >= 4 is 21.7 Å². The van der Waals surface area contributed by atoms with Crippen LogP contribution >= 0.6 is 0 Å². The van der Waals surface area contributed by atoms with Gasteiger partial charge in [-0.2, -0.15) is 4.31 Å². The molecule has 0 bridgehead atoms. The van der Waals surface area contributed by atoms with Crippen LogP contribution in [-0.2, 0) is 22.9 Å². The molecule has 150 valence electrons. The molecule has 0 atom stereocenters. The van der Waals surface area contributed by atoms with E-state index in [-0.39, 0.29) is 10.8 Å². The average molecular weight is 403 g/mol. The summed E-state index contributed by atoms with van der Waals surface area (Å²) in [5, 5.41) is 2.83. The van der Waals surface area contributed by atoms with Gasteiger partial charge in [0, 0.05) is 29.9 Å². The predicted molar refractivity (Wildman–Crippen MR) is 108 cm³/mol. The molecule has 28 heavy (non-hydrogen) atoms. The first-order valence-electron chi connectivity index (χ1n) is 9.71. The summed E-state index contributed by atoms with van der Waals surface area (Å²) in [5.41, 5.74) is 2.36. The topological polar surface area (TPSA) is 92.3 Å². The van der Waals surface area contributed by atoms with Gasteiger partial charge in [-0.25, -0.2) is 18.4 Å². The average Bonchev–Trinajstić information content (AvgIpc) is 3.18. The molecule has 2 aromatic rings. The minimum absolute atomic E-state index is 0.199. The fourth-order valence-electron chi connectivity index (χ4n) is 3.36. The van der Waals surface area contributed by atoms with Gasteiger partial charge in [-0.3, -0.25) is 4.79 Å². The lowest BCUT2D eigenvalue weighted by molar-refractivity contribution is 0.102. The number of fused-ring (bicyclic) bond motifs is 1. The Morgan fingerprint density at radius 2 is 1.89 bits per heavy atom. The Kier molecular flexibility index (Phi) is 6.41.